The first-order chi connectivity index (χ1) is 15.6. The van der Waals surface area contributed by atoms with Crippen LogP contribution in [0.4, 0.5) is 11.4 Å². The third-order valence-corrected chi connectivity index (χ3v) is 8.82. The zero-order valence-corrected chi connectivity index (χ0v) is 19.9. The maximum absolute atomic E-state index is 13.9. The molecule has 5 rings (SSSR count). The molecule has 0 bridgehead atoms. The highest BCUT2D eigenvalue weighted by molar-refractivity contribution is 7.93. The van der Waals surface area contributed by atoms with E-state index in [4.69, 9.17) is 0 Å². The van der Waals surface area contributed by atoms with Crippen molar-refractivity contribution in [3.05, 3.63) is 59.7 Å². The molecule has 2 atom stereocenters. The lowest BCUT2D eigenvalue weighted by Crippen LogP contribution is -2.44. The van der Waals surface area contributed by atoms with Crippen LogP contribution in [0, 0.1) is 5.92 Å². The maximum Gasteiger partial charge on any atom is 0.240 e. The predicted octanol–water partition coefficient (Wildman–Crippen LogP) is 3.43. The molecule has 1 aliphatic carbocycles. The average molecular weight is 468 g/mol. The van der Waals surface area contributed by atoms with Crippen molar-refractivity contribution in [2.45, 2.75) is 49.8 Å². The van der Waals surface area contributed by atoms with Crippen LogP contribution in [-0.2, 0) is 25.0 Å². The van der Waals surface area contributed by atoms with E-state index in [9.17, 15) is 18.0 Å². The van der Waals surface area contributed by atoms with E-state index in [0.717, 1.165) is 11.3 Å². The zero-order chi connectivity index (χ0) is 23.5. The molecule has 2 amide bonds. The Balaban J connectivity index is 1.67. The minimum atomic E-state index is -3.45. The highest BCUT2D eigenvalue weighted by Gasteiger charge is 2.63. The molecule has 0 aromatic heterocycles. The van der Waals surface area contributed by atoms with Crippen molar-refractivity contribution >= 4 is 33.2 Å². The lowest BCUT2D eigenvalue weighted by molar-refractivity contribution is -0.129. The van der Waals surface area contributed by atoms with Crippen LogP contribution in [0.5, 0.6) is 0 Å². The molecule has 1 spiro atoms. The summed E-state index contributed by atoms with van der Waals surface area (Å²) in [5.41, 5.74) is 1.67. The van der Waals surface area contributed by atoms with Gasteiger partial charge in [-0.2, -0.15) is 0 Å². The van der Waals surface area contributed by atoms with E-state index in [2.05, 4.69) is 18.6 Å². The van der Waals surface area contributed by atoms with E-state index in [-0.39, 0.29) is 29.4 Å². The number of carbonyl (C=O) groups excluding carboxylic acids is 2. The number of likely N-dealkylation sites (tertiary alicyclic amines) is 1. The second kappa shape index (κ2) is 7.58. The van der Waals surface area contributed by atoms with Gasteiger partial charge in [0.25, 0.3) is 0 Å². The van der Waals surface area contributed by atoms with Gasteiger partial charge in [-0.25, -0.2) is 8.42 Å². The number of likely N-dealkylation sites (N-methyl/N-ethyl adjacent to an activating group) is 1. The molecule has 33 heavy (non-hydrogen) atoms. The highest BCUT2D eigenvalue weighted by atomic mass is 32.2. The second-order valence-corrected chi connectivity index (χ2v) is 11.8. The summed E-state index contributed by atoms with van der Waals surface area (Å²) < 4.78 is 27.8. The maximum atomic E-state index is 13.9. The molecule has 1 unspecified atom stereocenters. The van der Waals surface area contributed by atoms with Gasteiger partial charge in [0.1, 0.15) is 5.41 Å². The van der Waals surface area contributed by atoms with E-state index >= 15 is 0 Å². The number of nitrogens with zero attached hydrogens (tertiary/aromatic N) is 2. The lowest BCUT2D eigenvalue weighted by atomic mass is 9.72. The summed E-state index contributed by atoms with van der Waals surface area (Å²) in [4.78, 5) is 30.7. The molecule has 0 radical (unpaired) electrons. The fourth-order valence-electron chi connectivity index (χ4n) is 5.38. The smallest absolute Gasteiger partial charge is 0.240 e. The van der Waals surface area contributed by atoms with Crippen molar-refractivity contribution in [1.29, 1.82) is 0 Å². The van der Waals surface area contributed by atoms with Crippen LogP contribution in [0.3, 0.4) is 0 Å². The quantitative estimate of drug-likeness (QED) is 0.705. The highest BCUT2D eigenvalue weighted by Crippen LogP contribution is 2.57. The van der Waals surface area contributed by atoms with E-state index in [1.165, 1.54) is 0 Å². The molecule has 3 aliphatic rings. The summed E-state index contributed by atoms with van der Waals surface area (Å²) in [5.74, 6) is 0.0463. The first-order valence-electron chi connectivity index (χ1n) is 11.4. The molecular formula is C25H29N3O4S. The molecule has 1 saturated heterocycles. The van der Waals surface area contributed by atoms with Gasteiger partial charge in [0, 0.05) is 31.4 Å². The number of hydrogen-bond donors (Lipinski definition) is 1. The first kappa shape index (κ1) is 21.9. The van der Waals surface area contributed by atoms with Crippen molar-refractivity contribution in [2.75, 3.05) is 23.2 Å². The van der Waals surface area contributed by atoms with Gasteiger partial charge in [-0.15, -0.1) is 0 Å². The van der Waals surface area contributed by atoms with Gasteiger partial charge in [0.15, 0.2) is 0 Å². The fourth-order valence-corrected chi connectivity index (χ4v) is 6.76. The minimum absolute atomic E-state index is 0.0592. The van der Waals surface area contributed by atoms with Crippen molar-refractivity contribution in [3.63, 3.8) is 0 Å². The molecule has 2 aromatic carbocycles. The Morgan fingerprint density at radius 2 is 1.79 bits per heavy atom. The lowest BCUT2D eigenvalue weighted by Gasteiger charge is -2.35. The number of carbonyl (C=O) groups is 2. The number of rotatable bonds is 6. The topological polar surface area (TPSA) is 86.8 Å². The number of sulfonamides is 1. The van der Waals surface area contributed by atoms with E-state index in [0.29, 0.717) is 30.6 Å². The van der Waals surface area contributed by atoms with Crippen LogP contribution in [0.15, 0.2) is 48.5 Å². The molecule has 174 valence electrons. The average Bonchev–Trinajstić information content (AvgIpc) is 3.56. The van der Waals surface area contributed by atoms with Crippen molar-refractivity contribution in [2.24, 2.45) is 5.92 Å². The molecule has 8 heteroatoms. The molecule has 7 nitrogen and oxygen atoms in total. The number of hydrogen-bond acceptors (Lipinski definition) is 4. The molecule has 1 saturated carbocycles. The number of amides is 2. The number of fused-ring (bicyclic) bond motifs is 2. The summed E-state index contributed by atoms with van der Waals surface area (Å²) in [6.07, 6.45) is 1.40. The molecular weight excluding hydrogens is 438 g/mol. The molecule has 1 N–H and O–H groups in total. The van der Waals surface area contributed by atoms with Gasteiger partial charge < -0.3 is 9.80 Å². The number of benzene rings is 2. The SMILES string of the molecule is CC(C)CN1C(=O)C[C@@]2(C(=O)N(C)c3ccc(NS(=O)(=O)C4CC4)cc32)C1c1ccccc1. The summed E-state index contributed by atoms with van der Waals surface area (Å²) in [7, 11) is -1.72. The first-order valence-corrected chi connectivity index (χ1v) is 13.0. The molecule has 2 heterocycles. The van der Waals surface area contributed by atoms with Crippen molar-refractivity contribution in [1.82, 2.24) is 4.90 Å². The number of anilines is 2. The zero-order valence-electron chi connectivity index (χ0n) is 19.1. The van der Waals surface area contributed by atoms with Crippen LogP contribution in [-0.4, -0.2) is 44.0 Å². The standard InChI is InChI=1S/C25H29N3O4S/c1-16(2)15-28-22(29)14-25(23(28)17-7-5-4-6-8-17)20-13-18(26-33(31,32)19-10-11-19)9-12-21(20)27(3)24(25)30/h4-9,12-13,16,19,23,26H,10-11,14-15H2,1-3H3/t23?,25-/m0/s1. The minimum Gasteiger partial charge on any atom is -0.334 e. The van der Waals surface area contributed by atoms with Gasteiger partial charge in [-0.05, 0) is 48.1 Å². The van der Waals surface area contributed by atoms with Crippen LogP contribution >= 0.6 is 0 Å². The molecule has 2 aromatic rings. The largest absolute Gasteiger partial charge is 0.334 e. The summed E-state index contributed by atoms with van der Waals surface area (Å²) in [5, 5.41) is -0.351. The number of nitrogens with one attached hydrogen (secondary N) is 1. The van der Waals surface area contributed by atoms with Crippen LogP contribution in [0.1, 0.15) is 50.3 Å². The van der Waals surface area contributed by atoms with E-state index in [1.54, 1.807) is 30.1 Å². The third kappa shape index (κ3) is 3.42. The summed E-state index contributed by atoms with van der Waals surface area (Å²) in [6, 6.07) is 14.5. The van der Waals surface area contributed by atoms with E-state index in [1.807, 2.05) is 35.2 Å². The van der Waals surface area contributed by atoms with Gasteiger partial charge in [0.05, 0.1) is 11.3 Å². The molecule has 2 fully saturated rings. The van der Waals surface area contributed by atoms with Crippen LogP contribution in [0.2, 0.25) is 0 Å². The monoisotopic (exact) mass is 467 g/mol. The van der Waals surface area contributed by atoms with E-state index < -0.39 is 21.5 Å². The van der Waals surface area contributed by atoms with Crippen LogP contribution in [0.25, 0.3) is 0 Å². The normalized spacial score (nSPS) is 24.8. The Bertz CT molecular complexity index is 1220. The van der Waals surface area contributed by atoms with Gasteiger partial charge in [-0.1, -0.05) is 44.2 Å². The van der Waals surface area contributed by atoms with Crippen molar-refractivity contribution < 1.29 is 18.0 Å². The Labute approximate surface area is 194 Å². The third-order valence-electron chi connectivity index (χ3n) is 6.95. The molecule has 2 aliphatic heterocycles. The van der Waals surface area contributed by atoms with Crippen molar-refractivity contribution in [3.8, 4) is 0 Å². The fraction of sp³-hybridized carbons (Fsp3) is 0.440. The van der Waals surface area contributed by atoms with Gasteiger partial charge >= 0.3 is 0 Å². The Kier molecular flexibility index (Phi) is 5.04. The predicted molar refractivity (Wildman–Crippen MR) is 127 cm³/mol. The Morgan fingerprint density at radius 3 is 2.42 bits per heavy atom. The second-order valence-electron chi connectivity index (χ2n) is 9.84. The summed E-state index contributed by atoms with van der Waals surface area (Å²) >= 11 is 0. The summed E-state index contributed by atoms with van der Waals surface area (Å²) in [6.45, 7) is 4.66. The van der Waals surface area contributed by atoms with Crippen LogP contribution < -0.4 is 9.62 Å². The Morgan fingerprint density at radius 1 is 1.09 bits per heavy atom. The Hall–Kier alpha value is -2.87. The van der Waals surface area contributed by atoms with Gasteiger partial charge in [0.2, 0.25) is 21.8 Å². The van der Waals surface area contributed by atoms with Gasteiger partial charge in [-0.3, -0.25) is 14.3 Å².